The molecule has 1 fully saturated rings. The van der Waals surface area contributed by atoms with E-state index in [1.807, 2.05) is 7.98 Å². The van der Waals surface area contributed by atoms with Gasteiger partial charge in [-0.05, 0) is 0 Å². The summed E-state index contributed by atoms with van der Waals surface area (Å²) < 4.78 is 10.0. The molecule has 3 nitrogen and oxygen atoms in total. The summed E-state index contributed by atoms with van der Waals surface area (Å²) in [7, 11) is 2.28. The normalized spacial score (nSPS) is 27.2. The number of hydrogen-bond donors (Lipinski definition) is 1. The molecule has 0 radical (unpaired) electrons. The summed E-state index contributed by atoms with van der Waals surface area (Å²) in [5.74, 6) is 0. The van der Waals surface area contributed by atoms with Gasteiger partial charge < -0.3 is 14.3 Å². The van der Waals surface area contributed by atoms with E-state index in [1.165, 1.54) is 0 Å². The number of hydrogen-bond acceptors (Lipinski definition) is 3. The Morgan fingerprint density at radius 3 is 3.25 bits per heavy atom. The first kappa shape index (κ1) is 6.49. The van der Waals surface area contributed by atoms with E-state index < -0.39 is 0 Å². The molecule has 5 heteroatoms. The molecule has 1 aliphatic rings. The van der Waals surface area contributed by atoms with Gasteiger partial charge in [0.1, 0.15) is 6.10 Å². The third-order valence-electron chi connectivity index (χ3n) is 0.846. The zero-order valence-corrected chi connectivity index (χ0v) is 5.81. The van der Waals surface area contributed by atoms with Crippen molar-refractivity contribution >= 4 is 16.9 Å². The van der Waals surface area contributed by atoms with Crippen LogP contribution in [0.3, 0.4) is 0 Å². The monoisotopic (exact) mass is 133 g/mol. The van der Waals surface area contributed by atoms with Crippen molar-refractivity contribution in [2.45, 2.75) is 6.10 Å². The summed E-state index contributed by atoms with van der Waals surface area (Å²) >= 11 is 0. The van der Waals surface area contributed by atoms with Crippen LogP contribution in [-0.2, 0) is 9.26 Å². The maximum absolute atomic E-state index is 5.10. The zero-order valence-electron chi connectivity index (χ0n) is 4.81. The second kappa shape index (κ2) is 3.41. The predicted molar refractivity (Wildman–Crippen MR) is 35.7 cm³/mol. The maximum atomic E-state index is 5.10. The van der Waals surface area contributed by atoms with Crippen LogP contribution in [0.1, 0.15) is 0 Å². The molecule has 1 aliphatic heterocycles. The molecule has 46 valence electrons. The summed E-state index contributed by atoms with van der Waals surface area (Å²) in [6.07, 6.45) is 0.399. The lowest BCUT2D eigenvalue weighted by Crippen LogP contribution is -1.99. The van der Waals surface area contributed by atoms with Crippen molar-refractivity contribution in [3.63, 3.8) is 0 Å². The van der Waals surface area contributed by atoms with Crippen molar-refractivity contribution in [3.05, 3.63) is 0 Å². The topological polar surface area (TPSA) is 33.8 Å². The van der Waals surface area contributed by atoms with E-state index >= 15 is 0 Å². The SMILES string of the molecule is BNPOC[C@H]1CO1. The Bertz CT molecular complexity index is 70.3. The van der Waals surface area contributed by atoms with E-state index in [0.717, 1.165) is 13.2 Å². The molecule has 0 aromatic heterocycles. The second-order valence-corrected chi connectivity index (χ2v) is 2.61. The molecule has 0 aliphatic carbocycles. The highest BCUT2D eigenvalue weighted by atomic mass is 31.1. The molecule has 0 spiro atoms. The van der Waals surface area contributed by atoms with Crippen LogP contribution in [0.5, 0.6) is 0 Å². The first-order valence-corrected chi connectivity index (χ1v) is 3.49. The Kier molecular flexibility index (Phi) is 2.77. The van der Waals surface area contributed by atoms with Gasteiger partial charge in [-0.15, -0.1) is 0 Å². The lowest BCUT2D eigenvalue weighted by molar-refractivity contribution is 0.288. The minimum atomic E-state index is 0.399. The summed E-state index contributed by atoms with van der Waals surface area (Å²) in [5.41, 5.74) is 0. The molecule has 0 saturated carbocycles. The van der Waals surface area contributed by atoms with Crippen LogP contribution in [0.25, 0.3) is 0 Å². The number of nitrogens with one attached hydrogen (secondary N) is 1. The molecule has 1 heterocycles. The quantitative estimate of drug-likeness (QED) is 0.232. The number of ether oxygens (including phenoxy) is 1. The van der Waals surface area contributed by atoms with Crippen LogP contribution in [0, 0.1) is 0 Å². The molecular weight excluding hydrogens is 124 g/mol. The highest BCUT2D eigenvalue weighted by Crippen LogP contribution is 2.13. The molecule has 2 atom stereocenters. The van der Waals surface area contributed by atoms with Gasteiger partial charge in [0.25, 0.3) is 0 Å². The number of rotatable bonds is 4. The van der Waals surface area contributed by atoms with E-state index in [0.29, 0.717) is 15.1 Å². The molecule has 0 amide bonds. The predicted octanol–water partition coefficient (Wildman–Crippen LogP) is -0.952. The molecule has 0 aromatic carbocycles. The van der Waals surface area contributed by atoms with Gasteiger partial charge in [0, 0.05) is 0 Å². The maximum Gasteiger partial charge on any atom is 0.188 e. The van der Waals surface area contributed by atoms with E-state index in [-0.39, 0.29) is 0 Å². The van der Waals surface area contributed by atoms with E-state index in [2.05, 4.69) is 5.00 Å². The highest BCUT2D eigenvalue weighted by Gasteiger charge is 2.21. The first-order valence-electron chi connectivity index (χ1n) is 2.58. The smallest absolute Gasteiger partial charge is 0.188 e. The van der Waals surface area contributed by atoms with Gasteiger partial charge in [-0.3, -0.25) is 0 Å². The molecule has 1 N–H and O–H groups in total. The molecule has 0 aromatic rings. The van der Waals surface area contributed by atoms with Crippen LogP contribution in [0.15, 0.2) is 0 Å². The number of epoxide rings is 1. The Morgan fingerprint density at radius 2 is 2.75 bits per heavy atom. The molecule has 1 saturated heterocycles. The van der Waals surface area contributed by atoms with E-state index in [9.17, 15) is 0 Å². The fourth-order valence-electron chi connectivity index (χ4n) is 0.371. The second-order valence-electron chi connectivity index (χ2n) is 1.62. The fraction of sp³-hybridized carbons (Fsp3) is 1.00. The Morgan fingerprint density at radius 1 is 2.00 bits per heavy atom. The molecule has 0 bridgehead atoms. The summed E-state index contributed by atoms with van der Waals surface area (Å²) in [6.45, 7) is 1.63. The Hall–Kier alpha value is 0.375. The molecule has 1 unspecified atom stereocenters. The third kappa shape index (κ3) is 2.63. The van der Waals surface area contributed by atoms with Gasteiger partial charge in [-0.1, -0.05) is 0 Å². The first-order chi connectivity index (χ1) is 3.93. The van der Waals surface area contributed by atoms with Crippen molar-refractivity contribution < 1.29 is 9.26 Å². The van der Waals surface area contributed by atoms with Gasteiger partial charge >= 0.3 is 0 Å². The molecular formula is C3H9BNO2P. The minimum absolute atomic E-state index is 0.399. The standard InChI is InChI=1S/C3H9BNO2P/c4-5-8-7-2-3-1-6-3/h3,5,8H,1-2,4H2/t3-/m1/s1. The van der Waals surface area contributed by atoms with Crippen LogP contribution in [-0.4, -0.2) is 27.3 Å². The fourth-order valence-corrected chi connectivity index (χ4v) is 0.785. The van der Waals surface area contributed by atoms with Gasteiger partial charge in [-0.25, -0.2) is 0 Å². The lowest BCUT2D eigenvalue weighted by atomic mass is 10.5. The van der Waals surface area contributed by atoms with Gasteiger partial charge in [0.15, 0.2) is 7.98 Å². The third-order valence-corrected chi connectivity index (χ3v) is 1.36. The average molecular weight is 133 g/mol. The molecule has 1 rings (SSSR count). The molecule has 8 heavy (non-hydrogen) atoms. The highest BCUT2D eigenvalue weighted by molar-refractivity contribution is 7.31. The van der Waals surface area contributed by atoms with Crippen molar-refractivity contribution in [1.29, 1.82) is 0 Å². The summed E-state index contributed by atoms with van der Waals surface area (Å²) in [4.78, 5) is 2.90. The summed E-state index contributed by atoms with van der Waals surface area (Å²) in [5, 5.41) is 0. The van der Waals surface area contributed by atoms with Crippen LogP contribution >= 0.6 is 8.96 Å². The lowest BCUT2D eigenvalue weighted by Gasteiger charge is -1.96. The van der Waals surface area contributed by atoms with Crippen molar-refractivity contribution in [2.24, 2.45) is 0 Å². The largest absolute Gasteiger partial charge is 0.371 e. The van der Waals surface area contributed by atoms with Crippen molar-refractivity contribution in [2.75, 3.05) is 13.2 Å². The van der Waals surface area contributed by atoms with Gasteiger partial charge in [-0.2, -0.15) is 0 Å². The minimum Gasteiger partial charge on any atom is -0.371 e. The van der Waals surface area contributed by atoms with Crippen LogP contribution < -0.4 is 5.00 Å². The zero-order chi connectivity index (χ0) is 5.82. The van der Waals surface area contributed by atoms with E-state index in [4.69, 9.17) is 9.26 Å². The Balaban J connectivity index is 1.74. The van der Waals surface area contributed by atoms with Crippen molar-refractivity contribution in [3.8, 4) is 0 Å². The van der Waals surface area contributed by atoms with Crippen LogP contribution in [0.4, 0.5) is 0 Å². The van der Waals surface area contributed by atoms with Crippen molar-refractivity contribution in [1.82, 2.24) is 5.00 Å². The average Bonchev–Trinajstić information content (AvgIpc) is 2.51. The summed E-state index contributed by atoms with van der Waals surface area (Å²) in [6, 6.07) is 0. The Labute approximate surface area is 51.5 Å². The van der Waals surface area contributed by atoms with Gasteiger partial charge in [0.2, 0.25) is 0 Å². The van der Waals surface area contributed by atoms with Gasteiger partial charge in [0.05, 0.1) is 22.2 Å². The van der Waals surface area contributed by atoms with E-state index in [1.54, 1.807) is 0 Å². The van der Waals surface area contributed by atoms with Crippen LogP contribution in [0.2, 0.25) is 0 Å².